The highest BCUT2D eigenvalue weighted by Crippen LogP contribution is 2.18. The number of nitrogens with one attached hydrogen (secondary N) is 3. The van der Waals surface area contributed by atoms with Gasteiger partial charge >= 0.3 is 0 Å². The van der Waals surface area contributed by atoms with Gasteiger partial charge in [-0.2, -0.15) is 5.10 Å². The minimum atomic E-state index is -0.544. The Kier molecular flexibility index (Phi) is 5.07. The first kappa shape index (κ1) is 17.3. The molecular weight excluding hydrogens is 335 g/mol. The highest BCUT2D eigenvalue weighted by atomic mass is 19.1. The summed E-state index contributed by atoms with van der Waals surface area (Å²) in [6.45, 7) is 1.98. The number of hydrogen-bond acceptors (Lipinski definition) is 3. The zero-order valence-corrected chi connectivity index (χ0v) is 14.0. The molecule has 6 nitrogen and oxygen atoms in total. The van der Waals surface area contributed by atoms with Crippen molar-refractivity contribution in [2.45, 2.75) is 13.3 Å². The lowest BCUT2D eigenvalue weighted by molar-refractivity contribution is -0.121. The van der Waals surface area contributed by atoms with Crippen molar-refractivity contribution in [3.63, 3.8) is 0 Å². The van der Waals surface area contributed by atoms with E-state index in [4.69, 9.17) is 0 Å². The molecule has 3 aromatic rings. The van der Waals surface area contributed by atoms with Gasteiger partial charge in [0.1, 0.15) is 11.5 Å². The van der Waals surface area contributed by atoms with Crippen LogP contribution in [0.25, 0.3) is 11.3 Å². The number of halogens is 1. The Labute approximate surface area is 149 Å². The molecular formula is C19H17FN4O2. The van der Waals surface area contributed by atoms with Crippen LogP contribution >= 0.6 is 0 Å². The van der Waals surface area contributed by atoms with Crippen molar-refractivity contribution in [1.29, 1.82) is 0 Å². The zero-order chi connectivity index (χ0) is 18.5. The number of hydrazine groups is 1. The molecule has 26 heavy (non-hydrogen) atoms. The lowest BCUT2D eigenvalue weighted by atomic mass is 10.1. The largest absolute Gasteiger partial charge is 0.287 e. The van der Waals surface area contributed by atoms with Crippen LogP contribution in [0, 0.1) is 12.7 Å². The second kappa shape index (κ2) is 7.60. The average molecular weight is 352 g/mol. The van der Waals surface area contributed by atoms with E-state index in [1.807, 2.05) is 31.2 Å². The van der Waals surface area contributed by atoms with Gasteiger partial charge in [0, 0.05) is 5.56 Å². The van der Waals surface area contributed by atoms with Gasteiger partial charge in [0.05, 0.1) is 12.1 Å². The normalized spacial score (nSPS) is 10.4. The number of aryl methyl sites for hydroxylation is 1. The van der Waals surface area contributed by atoms with Gasteiger partial charge in [0.2, 0.25) is 5.91 Å². The molecule has 0 aliphatic heterocycles. The highest BCUT2D eigenvalue weighted by Gasteiger charge is 2.13. The molecule has 3 rings (SSSR count). The first-order valence-electron chi connectivity index (χ1n) is 7.98. The molecule has 0 fully saturated rings. The highest BCUT2D eigenvalue weighted by molar-refractivity contribution is 5.94. The lowest BCUT2D eigenvalue weighted by Crippen LogP contribution is -2.42. The quantitative estimate of drug-likeness (QED) is 0.631. The maximum absolute atomic E-state index is 13.5. The van der Waals surface area contributed by atoms with Gasteiger partial charge in [0.15, 0.2) is 0 Å². The van der Waals surface area contributed by atoms with Gasteiger partial charge in [-0.15, -0.1) is 0 Å². The van der Waals surface area contributed by atoms with E-state index in [9.17, 15) is 14.0 Å². The third-order valence-electron chi connectivity index (χ3n) is 3.79. The molecule has 1 aromatic heterocycles. The van der Waals surface area contributed by atoms with E-state index in [0.717, 1.165) is 11.1 Å². The van der Waals surface area contributed by atoms with Crippen molar-refractivity contribution < 1.29 is 14.0 Å². The van der Waals surface area contributed by atoms with Crippen LogP contribution in [-0.2, 0) is 11.2 Å². The molecule has 0 unspecified atom stereocenters. The molecule has 132 valence electrons. The number of carbonyl (C=O) groups excluding carboxylic acids is 2. The molecule has 0 spiro atoms. The molecule has 0 saturated heterocycles. The van der Waals surface area contributed by atoms with Crippen LogP contribution in [0.1, 0.15) is 21.6 Å². The fourth-order valence-electron chi connectivity index (χ4n) is 2.36. The van der Waals surface area contributed by atoms with Crippen LogP contribution in [0.2, 0.25) is 0 Å². The van der Waals surface area contributed by atoms with Crippen LogP contribution in [0.5, 0.6) is 0 Å². The maximum atomic E-state index is 13.5. The second-order valence-corrected chi connectivity index (χ2v) is 5.80. The van der Waals surface area contributed by atoms with Crippen LogP contribution in [-0.4, -0.2) is 22.0 Å². The Morgan fingerprint density at radius 1 is 1.08 bits per heavy atom. The smallest absolute Gasteiger partial charge is 0.273 e. The molecule has 0 saturated carbocycles. The summed E-state index contributed by atoms with van der Waals surface area (Å²) >= 11 is 0. The van der Waals surface area contributed by atoms with E-state index in [0.29, 0.717) is 5.69 Å². The molecule has 0 aliphatic carbocycles. The van der Waals surface area contributed by atoms with Gasteiger partial charge < -0.3 is 0 Å². The zero-order valence-electron chi connectivity index (χ0n) is 14.0. The van der Waals surface area contributed by atoms with Crippen LogP contribution in [0.15, 0.2) is 54.6 Å². The standard InChI is InChI=1S/C19H17FN4O2/c1-12-6-8-13(9-7-12)16-11-17(22-21-16)19(26)24-23-18(25)10-14-4-2-3-5-15(14)20/h2-9,11H,10H2,1H3,(H,21,22)(H,23,25)(H,24,26). The molecule has 1 heterocycles. The minimum absolute atomic E-state index is 0.176. The lowest BCUT2D eigenvalue weighted by Gasteiger charge is -2.06. The minimum Gasteiger partial charge on any atom is -0.273 e. The molecule has 0 aliphatic rings. The molecule has 0 bridgehead atoms. The summed E-state index contributed by atoms with van der Waals surface area (Å²) in [5.41, 5.74) is 7.61. The third kappa shape index (κ3) is 4.13. The summed E-state index contributed by atoms with van der Waals surface area (Å²) in [6.07, 6.45) is -0.176. The van der Waals surface area contributed by atoms with Crippen molar-refractivity contribution in [3.8, 4) is 11.3 Å². The van der Waals surface area contributed by atoms with Crippen LogP contribution < -0.4 is 10.9 Å². The Hall–Kier alpha value is -3.48. The fourth-order valence-corrected chi connectivity index (χ4v) is 2.36. The number of aromatic nitrogens is 2. The van der Waals surface area contributed by atoms with E-state index >= 15 is 0 Å². The number of carbonyl (C=O) groups is 2. The van der Waals surface area contributed by atoms with Crippen LogP contribution in [0.3, 0.4) is 0 Å². The van der Waals surface area contributed by atoms with Crippen LogP contribution in [0.4, 0.5) is 4.39 Å². The summed E-state index contributed by atoms with van der Waals surface area (Å²) in [4.78, 5) is 23.9. The predicted octanol–water partition coefficient (Wildman–Crippen LogP) is 2.53. The third-order valence-corrected chi connectivity index (χ3v) is 3.79. The van der Waals surface area contributed by atoms with E-state index in [1.54, 1.807) is 18.2 Å². The van der Waals surface area contributed by atoms with Gasteiger partial charge in [0.25, 0.3) is 5.91 Å². The van der Waals surface area contributed by atoms with Gasteiger partial charge in [-0.05, 0) is 24.6 Å². The number of hydrogen-bond donors (Lipinski definition) is 3. The topological polar surface area (TPSA) is 86.9 Å². The summed E-state index contributed by atoms with van der Waals surface area (Å²) in [7, 11) is 0. The number of aromatic amines is 1. The van der Waals surface area contributed by atoms with Gasteiger partial charge in [-0.25, -0.2) is 4.39 Å². The maximum Gasteiger partial charge on any atom is 0.287 e. The Bertz CT molecular complexity index is 935. The van der Waals surface area contributed by atoms with Crippen molar-refractivity contribution >= 4 is 11.8 Å². The predicted molar refractivity (Wildman–Crippen MR) is 94.5 cm³/mol. The van der Waals surface area contributed by atoms with E-state index < -0.39 is 17.6 Å². The SMILES string of the molecule is Cc1ccc(-c2cc(C(=O)NNC(=O)Cc3ccccc3F)[nH]n2)cc1. The summed E-state index contributed by atoms with van der Waals surface area (Å²) in [5.74, 6) is -1.54. The van der Waals surface area contributed by atoms with Crippen molar-refractivity contribution in [2.24, 2.45) is 0 Å². The number of rotatable bonds is 4. The molecule has 0 atom stereocenters. The Morgan fingerprint density at radius 2 is 1.81 bits per heavy atom. The summed E-state index contributed by atoms with van der Waals surface area (Å²) < 4.78 is 13.5. The first-order valence-corrected chi connectivity index (χ1v) is 7.98. The van der Waals surface area contributed by atoms with Crippen molar-refractivity contribution in [2.75, 3.05) is 0 Å². The molecule has 0 radical (unpaired) electrons. The average Bonchev–Trinajstić information content (AvgIpc) is 3.12. The summed E-state index contributed by atoms with van der Waals surface area (Å²) in [5, 5.41) is 6.72. The first-order chi connectivity index (χ1) is 12.5. The molecule has 2 amide bonds. The number of amides is 2. The van der Waals surface area contributed by atoms with E-state index in [-0.39, 0.29) is 17.7 Å². The van der Waals surface area contributed by atoms with Gasteiger partial charge in [-0.3, -0.25) is 25.5 Å². The van der Waals surface area contributed by atoms with E-state index in [2.05, 4.69) is 21.0 Å². The van der Waals surface area contributed by atoms with Crippen molar-refractivity contribution in [1.82, 2.24) is 21.0 Å². The summed E-state index contributed by atoms with van der Waals surface area (Å²) in [6, 6.07) is 15.3. The monoisotopic (exact) mass is 352 g/mol. The van der Waals surface area contributed by atoms with Gasteiger partial charge in [-0.1, -0.05) is 48.0 Å². The Balaban J connectivity index is 1.58. The molecule has 7 heteroatoms. The number of benzene rings is 2. The van der Waals surface area contributed by atoms with Crippen molar-refractivity contribution in [3.05, 3.63) is 77.2 Å². The Morgan fingerprint density at radius 3 is 2.54 bits per heavy atom. The second-order valence-electron chi connectivity index (χ2n) is 5.80. The number of nitrogens with zero attached hydrogens (tertiary/aromatic N) is 1. The fraction of sp³-hybridized carbons (Fsp3) is 0.105. The van der Waals surface area contributed by atoms with E-state index in [1.165, 1.54) is 12.1 Å². The molecule has 3 N–H and O–H groups in total. The molecule has 2 aromatic carbocycles. The number of H-pyrrole nitrogens is 1.